The maximum Gasteiger partial charge on any atom is 0.339 e. The molecule has 3 rings (SSSR count). The normalized spacial score (nSPS) is 10.9. The lowest BCUT2D eigenvalue weighted by Gasteiger charge is -2.12. The molecule has 3 aromatic carbocycles. The topological polar surface area (TPSA) is 88.4 Å². The predicted molar refractivity (Wildman–Crippen MR) is 132 cm³/mol. The number of amides is 1. The molecule has 1 N–H and O–H groups in total. The molecule has 1 amide bonds. The lowest BCUT2D eigenvalue weighted by Crippen LogP contribution is -2.16. The first-order valence-electron chi connectivity index (χ1n) is 9.79. The second-order valence-electron chi connectivity index (χ2n) is 6.85. The van der Waals surface area contributed by atoms with E-state index < -0.39 is 11.9 Å². The van der Waals surface area contributed by atoms with Crippen LogP contribution in [-0.4, -0.2) is 19.0 Å². The fourth-order valence-electron chi connectivity index (χ4n) is 2.95. The highest BCUT2D eigenvalue weighted by Crippen LogP contribution is 2.36. The number of nitrogens with zero attached hydrogens (tertiary/aromatic N) is 1. The molecule has 172 valence electrons. The molecule has 0 atom stereocenters. The smallest absolute Gasteiger partial charge is 0.339 e. The first-order valence-corrected chi connectivity index (χ1v) is 10.9. The lowest BCUT2D eigenvalue weighted by atomic mass is 10.1. The third-order valence-corrected chi connectivity index (χ3v) is 5.54. The molecule has 3 aromatic rings. The molecular weight excluding hydrogens is 499 g/mol. The van der Waals surface area contributed by atoms with E-state index in [1.807, 2.05) is 24.3 Å². The molecule has 0 aliphatic rings. The summed E-state index contributed by atoms with van der Waals surface area (Å²) in [7, 11) is 1.23. The van der Waals surface area contributed by atoms with Gasteiger partial charge in [-0.3, -0.25) is 4.79 Å². The Hall–Kier alpha value is -3.50. The average molecular weight is 516 g/mol. The minimum Gasteiger partial charge on any atom is -0.486 e. The van der Waals surface area contributed by atoms with E-state index in [1.54, 1.807) is 18.2 Å². The second kappa shape index (κ2) is 11.6. The van der Waals surface area contributed by atoms with Gasteiger partial charge in [-0.2, -0.15) is 5.26 Å². The van der Waals surface area contributed by atoms with Gasteiger partial charge in [0.2, 0.25) is 0 Å². The summed E-state index contributed by atoms with van der Waals surface area (Å²) in [5.74, 6) is -1.09. The van der Waals surface area contributed by atoms with Gasteiger partial charge in [-0.15, -0.1) is 0 Å². The van der Waals surface area contributed by atoms with E-state index in [1.165, 1.54) is 37.5 Å². The molecular formula is C25H17Cl3N2O4. The van der Waals surface area contributed by atoms with Gasteiger partial charge in [-0.1, -0.05) is 65.1 Å². The number of halogens is 3. The van der Waals surface area contributed by atoms with E-state index in [4.69, 9.17) is 44.3 Å². The number of carbonyl (C=O) groups excluding carboxylic acids is 2. The van der Waals surface area contributed by atoms with Crippen LogP contribution in [0.5, 0.6) is 5.75 Å². The molecule has 34 heavy (non-hydrogen) atoms. The molecule has 0 fully saturated rings. The number of hydrogen-bond donors (Lipinski definition) is 1. The Morgan fingerprint density at radius 3 is 2.29 bits per heavy atom. The molecule has 0 spiro atoms. The predicted octanol–water partition coefficient (Wildman–Crippen LogP) is 6.56. The number of para-hydroxylation sites is 1. The van der Waals surface area contributed by atoms with Gasteiger partial charge in [0.05, 0.1) is 28.4 Å². The van der Waals surface area contributed by atoms with Crippen LogP contribution in [0.4, 0.5) is 5.69 Å². The number of ether oxygens (including phenoxy) is 2. The van der Waals surface area contributed by atoms with Crippen LogP contribution in [0.1, 0.15) is 21.5 Å². The average Bonchev–Trinajstić information content (AvgIpc) is 2.82. The van der Waals surface area contributed by atoms with Crippen molar-refractivity contribution in [1.82, 2.24) is 0 Å². The fourth-order valence-corrected chi connectivity index (χ4v) is 3.75. The van der Waals surface area contributed by atoms with E-state index in [0.29, 0.717) is 10.6 Å². The summed E-state index contributed by atoms with van der Waals surface area (Å²) in [6.45, 7) is 0.153. The van der Waals surface area contributed by atoms with Crippen molar-refractivity contribution in [2.75, 3.05) is 12.4 Å². The molecule has 0 saturated carbocycles. The highest BCUT2D eigenvalue weighted by molar-refractivity contribution is 6.37. The number of hydrogen-bond acceptors (Lipinski definition) is 5. The number of nitriles is 1. The van der Waals surface area contributed by atoms with E-state index in [0.717, 1.165) is 5.56 Å². The van der Waals surface area contributed by atoms with E-state index >= 15 is 0 Å². The zero-order valence-electron chi connectivity index (χ0n) is 17.8. The van der Waals surface area contributed by atoms with Gasteiger partial charge in [0, 0.05) is 10.6 Å². The van der Waals surface area contributed by atoms with Crippen LogP contribution < -0.4 is 10.1 Å². The van der Waals surface area contributed by atoms with Crippen molar-refractivity contribution >= 4 is 58.4 Å². The third-order valence-electron chi connectivity index (χ3n) is 4.61. The number of nitrogens with one attached hydrogen (secondary N) is 1. The number of esters is 1. The summed E-state index contributed by atoms with van der Waals surface area (Å²) in [4.78, 5) is 24.6. The van der Waals surface area contributed by atoms with Gasteiger partial charge in [0.1, 0.15) is 18.2 Å². The molecule has 0 heterocycles. The summed E-state index contributed by atoms with van der Waals surface area (Å²) in [5, 5.41) is 13.0. The van der Waals surface area contributed by atoms with E-state index in [9.17, 15) is 14.9 Å². The van der Waals surface area contributed by atoms with Crippen LogP contribution in [0, 0.1) is 11.3 Å². The maximum absolute atomic E-state index is 12.7. The van der Waals surface area contributed by atoms with Crippen LogP contribution in [0.3, 0.4) is 0 Å². The Balaban J connectivity index is 1.81. The van der Waals surface area contributed by atoms with Crippen LogP contribution >= 0.6 is 34.8 Å². The van der Waals surface area contributed by atoms with Crippen molar-refractivity contribution < 1.29 is 19.1 Å². The van der Waals surface area contributed by atoms with Gasteiger partial charge in [0.25, 0.3) is 5.91 Å². The first-order chi connectivity index (χ1) is 16.3. The van der Waals surface area contributed by atoms with Crippen molar-refractivity contribution in [2.24, 2.45) is 0 Å². The monoisotopic (exact) mass is 514 g/mol. The van der Waals surface area contributed by atoms with Gasteiger partial charge < -0.3 is 14.8 Å². The number of carbonyl (C=O) groups is 2. The van der Waals surface area contributed by atoms with Crippen molar-refractivity contribution in [3.05, 3.63) is 98.0 Å². The molecule has 0 radical (unpaired) electrons. The van der Waals surface area contributed by atoms with Gasteiger partial charge >= 0.3 is 5.97 Å². The van der Waals surface area contributed by atoms with Crippen LogP contribution in [0.25, 0.3) is 6.08 Å². The molecule has 9 heteroatoms. The molecule has 0 aliphatic carbocycles. The summed E-state index contributed by atoms with van der Waals surface area (Å²) in [5.41, 5.74) is 1.31. The number of methoxy groups -OCH3 is 1. The highest BCUT2D eigenvalue weighted by Gasteiger charge is 2.17. The minimum absolute atomic E-state index is 0.153. The third kappa shape index (κ3) is 6.09. The fraction of sp³-hybridized carbons (Fsp3) is 0.0800. The summed E-state index contributed by atoms with van der Waals surface area (Å²) < 4.78 is 10.5. The zero-order valence-corrected chi connectivity index (χ0v) is 20.0. The second-order valence-corrected chi connectivity index (χ2v) is 8.08. The zero-order chi connectivity index (χ0) is 24.7. The van der Waals surface area contributed by atoms with Gasteiger partial charge in [-0.25, -0.2) is 4.79 Å². The molecule has 0 aromatic heterocycles. The molecule has 0 saturated heterocycles. The lowest BCUT2D eigenvalue weighted by molar-refractivity contribution is -0.112. The Labute approximate surface area is 211 Å². The van der Waals surface area contributed by atoms with Gasteiger partial charge in [-0.05, 0) is 42.0 Å². The van der Waals surface area contributed by atoms with Gasteiger partial charge in [0.15, 0.2) is 5.75 Å². The van der Waals surface area contributed by atoms with E-state index in [2.05, 4.69) is 5.32 Å². The number of benzene rings is 3. The molecule has 0 aliphatic heterocycles. The molecule has 0 bridgehead atoms. The number of anilines is 1. The van der Waals surface area contributed by atoms with E-state index in [-0.39, 0.29) is 39.2 Å². The van der Waals surface area contributed by atoms with Crippen LogP contribution in [-0.2, 0) is 16.1 Å². The quantitative estimate of drug-likeness (QED) is 0.219. The van der Waals surface area contributed by atoms with Crippen LogP contribution in [0.2, 0.25) is 15.1 Å². The Morgan fingerprint density at radius 1 is 1.00 bits per heavy atom. The Bertz CT molecular complexity index is 1290. The molecule has 6 nitrogen and oxygen atoms in total. The minimum atomic E-state index is -0.717. The van der Waals surface area contributed by atoms with Crippen molar-refractivity contribution in [3.63, 3.8) is 0 Å². The Morgan fingerprint density at radius 2 is 1.65 bits per heavy atom. The number of rotatable bonds is 7. The van der Waals surface area contributed by atoms with Crippen molar-refractivity contribution in [1.29, 1.82) is 5.26 Å². The largest absolute Gasteiger partial charge is 0.486 e. The first kappa shape index (κ1) is 25.1. The maximum atomic E-state index is 12.7. The van der Waals surface area contributed by atoms with Crippen molar-refractivity contribution in [3.8, 4) is 11.8 Å². The SMILES string of the molecule is COC(=O)c1ccccc1NC(=O)C(C#N)=Cc1cc(Cl)c(OCc2ccccc2Cl)c(Cl)c1. The molecule has 0 unspecified atom stereocenters. The van der Waals surface area contributed by atoms with Crippen molar-refractivity contribution in [2.45, 2.75) is 6.61 Å². The highest BCUT2D eigenvalue weighted by atomic mass is 35.5. The summed E-state index contributed by atoms with van der Waals surface area (Å²) in [6.07, 6.45) is 1.33. The Kier molecular flexibility index (Phi) is 8.55. The standard InChI is InChI=1S/C25H17Cl3N2O4/c1-33-25(32)18-7-3-5-9-22(18)30-24(31)17(13-29)10-15-11-20(27)23(21(28)12-15)34-14-16-6-2-4-8-19(16)26/h2-12H,14H2,1H3,(H,30,31). The summed E-state index contributed by atoms with van der Waals surface area (Å²) in [6, 6.07) is 18.4. The summed E-state index contributed by atoms with van der Waals surface area (Å²) >= 11 is 18.8. The van der Waals surface area contributed by atoms with Crippen LogP contribution in [0.15, 0.2) is 66.2 Å².